The molecule has 0 amide bonds. The lowest BCUT2D eigenvalue weighted by molar-refractivity contribution is 0.430. The summed E-state index contributed by atoms with van der Waals surface area (Å²) in [6.07, 6.45) is 5.49. The average molecular weight is 431 g/mol. The van der Waals surface area contributed by atoms with E-state index < -0.39 is 0 Å². The van der Waals surface area contributed by atoms with Gasteiger partial charge in [0.25, 0.3) is 0 Å². The molecule has 1 atom stereocenters. The van der Waals surface area contributed by atoms with Crippen LogP contribution in [0.15, 0.2) is 23.2 Å². The van der Waals surface area contributed by atoms with Crippen molar-refractivity contribution in [3.8, 4) is 0 Å². The molecule has 2 saturated carbocycles. The maximum absolute atomic E-state index is 13.7. The van der Waals surface area contributed by atoms with E-state index in [-0.39, 0.29) is 35.8 Å². The fourth-order valence-corrected chi connectivity index (χ4v) is 3.21. The summed E-state index contributed by atoms with van der Waals surface area (Å²) in [7, 11) is 1.79. The van der Waals surface area contributed by atoms with E-state index in [0.29, 0.717) is 11.0 Å². The first-order valence-corrected chi connectivity index (χ1v) is 8.27. The summed E-state index contributed by atoms with van der Waals surface area (Å²) < 4.78 is 13.7. The Morgan fingerprint density at radius 3 is 2.61 bits per heavy atom. The molecule has 3 rings (SSSR count). The average Bonchev–Trinajstić information content (AvgIpc) is 3.38. The number of rotatable bonds is 5. The van der Waals surface area contributed by atoms with Crippen LogP contribution in [0.5, 0.6) is 0 Å². The lowest BCUT2D eigenvalue weighted by atomic mass is 10.0. The van der Waals surface area contributed by atoms with Crippen LogP contribution in [-0.4, -0.2) is 19.6 Å². The fourth-order valence-electron chi connectivity index (χ4n) is 3.21. The minimum Gasteiger partial charge on any atom is -0.356 e. The second-order valence-corrected chi connectivity index (χ2v) is 6.94. The predicted molar refractivity (Wildman–Crippen MR) is 104 cm³/mol. The Morgan fingerprint density at radius 1 is 1.39 bits per heavy atom. The normalized spacial score (nSPS) is 20.4. The highest BCUT2D eigenvalue weighted by Gasteiger charge is 2.53. The number of nitrogens with zero attached hydrogens (tertiary/aromatic N) is 1. The standard InChI is InChI=1S/C18H26FN3.HI/c1-12-4-5-14(10-16(12)19)13(2)22-17(20-3)21-11-18(8-9-18)15-6-7-15;/h4-5,10,13,15H,6-9,11H2,1-3H3,(H2,20,21,22);1H. The van der Waals surface area contributed by atoms with Gasteiger partial charge in [0, 0.05) is 13.6 Å². The molecule has 3 nitrogen and oxygen atoms in total. The lowest BCUT2D eigenvalue weighted by Crippen LogP contribution is -2.41. The van der Waals surface area contributed by atoms with Crippen molar-refractivity contribution in [2.45, 2.75) is 45.6 Å². The van der Waals surface area contributed by atoms with Crippen molar-refractivity contribution in [3.63, 3.8) is 0 Å². The van der Waals surface area contributed by atoms with Crippen molar-refractivity contribution in [2.24, 2.45) is 16.3 Å². The fraction of sp³-hybridized carbons (Fsp3) is 0.611. The number of hydrogen-bond donors (Lipinski definition) is 2. The van der Waals surface area contributed by atoms with Gasteiger partial charge in [-0.05, 0) is 68.1 Å². The van der Waals surface area contributed by atoms with Crippen LogP contribution in [0.4, 0.5) is 4.39 Å². The molecule has 0 aromatic heterocycles. The molecule has 1 aromatic carbocycles. The summed E-state index contributed by atoms with van der Waals surface area (Å²) in [6, 6.07) is 5.42. The van der Waals surface area contributed by atoms with Gasteiger partial charge in [-0.3, -0.25) is 4.99 Å². The minimum absolute atomic E-state index is 0. The Labute approximate surface area is 155 Å². The molecule has 2 fully saturated rings. The predicted octanol–water partition coefficient (Wildman–Crippen LogP) is 4.17. The van der Waals surface area contributed by atoms with Crippen molar-refractivity contribution < 1.29 is 4.39 Å². The molecule has 2 aliphatic carbocycles. The number of guanidine groups is 1. The summed E-state index contributed by atoms with van der Waals surface area (Å²) in [5.41, 5.74) is 2.16. The zero-order valence-electron chi connectivity index (χ0n) is 14.2. The van der Waals surface area contributed by atoms with Crippen LogP contribution in [-0.2, 0) is 0 Å². The molecule has 0 aliphatic heterocycles. The van der Waals surface area contributed by atoms with E-state index in [1.807, 2.05) is 19.1 Å². The molecule has 0 radical (unpaired) electrons. The zero-order valence-corrected chi connectivity index (χ0v) is 16.5. The number of aryl methyl sites for hydroxylation is 1. The molecule has 0 bridgehead atoms. The Hall–Kier alpha value is -0.850. The monoisotopic (exact) mass is 431 g/mol. The Kier molecular flexibility index (Phi) is 5.92. The van der Waals surface area contributed by atoms with Crippen LogP contribution in [0.3, 0.4) is 0 Å². The smallest absolute Gasteiger partial charge is 0.191 e. The first kappa shape index (κ1) is 18.5. The molecule has 1 unspecified atom stereocenters. The minimum atomic E-state index is -0.153. The highest BCUT2D eigenvalue weighted by Crippen LogP contribution is 2.60. The van der Waals surface area contributed by atoms with Gasteiger partial charge in [-0.25, -0.2) is 4.39 Å². The van der Waals surface area contributed by atoms with Crippen molar-refractivity contribution in [1.82, 2.24) is 10.6 Å². The van der Waals surface area contributed by atoms with Crippen molar-refractivity contribution >= 4 is 29.9 Å². The Morgan fingerprint density at radius 2 is 2.09 bits per heavy atom. The van der Waals surface area contributed by atoms with E-state index in [1.54, 1.807) is 20.0 Å². The van der Waals surface area contributed by atoms with Crippen LogP contribution >= 0.6 is 24.0 Å². The van der Waals surface area contributed by atoms with Gasteiger partial charge in [0.05, 0.1) is 6.04 Å². The van der Waals surface area contributed by atoms with Gasteiger partial charge in [0.1, 0.15) is 5.82 Å². The van der Waals surface area contributed by atoms with E-state index >= 15 is 0 Å². The highest BCUT2D eigenvalue weighted by atomic mass is 127. The Bertz CT molecular complexity index is 580. The van der Waals surface area contributed by atoms with Gasteiger partial charge < -0.3 is 10.6 Å². The maximum atomic E-state index is 13.7. The molecule has 0 saturated heterocycles. The number of benzene rings is 1. The molecular weight excluding hydrogens is 404 g/mol. The zero-order chi connectivity index (χ0) is 15.7. The molecule has 2 aliphatic rings. The third kappa shape index (κ3) is 4.37. The molecule has 0 spiro atoms. The van der Waals surface area contributed by atoms with Crippen molar-refractivity contribution in [3.05, 3.63) is 35.1 Å². The number of hydrogen-bond acceptors (Lipinski definition) is 1. The quantitative estimate of drug-likeness (QED) is 0.417. The van der Waals surface area contributed by atoms with Gasteiger partial charge in [0.15, 0.2) is 5.96 Å². The van der Waals surface area contributed by atoms with Gasteiger partial charge in [-0.15, -0.1) is 24.0 Å². The summed E-state index contributed by atoms with van der Waals surface area (Å²) in [6.45, 7) is 4.82. The molecule has 0 heterocycles. The largest absolute Gasteiger partial charge is 0.356 e. The summed E-state index contributed by atoms with van der Waals surface area (Å²) >= 11 is 0. The summed E-state index contributed by atoms with van der Waals surface area (Å²) in [5, 5.41) is 6.83. The second kappa shape index (κ2) is 7.36. The van der Waals surface area contributed by atoms with Crippen molar-refractivity contribution in [2.75, 3.05) is 13.6 Å². The number of aliphatic imine (C=N–C) groups is 1. The first-order valence-electron chi connectivity index (χ1n) is 8.27. The van der Waals surface area contributed by atoms with Crippen LogP contribution in [0.1, 0.15) is 49.8 Å². The van der Waals surface area contributed by atoms with Gasteiger partial charge in [0.2, 0.25) is 0 Å². The molecule has 128 valence electrons. The number of halogens is 2. The van der Waals surface area contributed by atoms with Gasteiger partial charge in [-0.1, -0.05) is 12.1 Å². The van der Waals surface area contributed by atoms with Crippen LogP contribution < -0.4 is 10.6 Å². The van der Waals surface area contributed by atoms with Crippen molar-refractivity contribution in [1.29, 1.82) is 0 Å². The topological polar surface area (TPSA) is 36.4 Å². The van der Waals surface area contributed by atoms with E-state index in [9.17, 15) is 4.39 Å². The van der Waals surface area contributed by atoms with E-state index in [4.69, 9.17) is 0 Å². The third-order valence-corrected chi connectivity index (χ3v) is 5.22. The van der Waals surface area contributed by atoms with Gasteiger partial charge >= 0.3 is 0 Å². The summed E-state index contributed by atoms with van der Waals surface area (Å²) in [5.74, 6) is 1.59. The molecule has 1 aromatic rings. The summed E-state index contributed by atoms with van der Waals surface area (Å²) in [4.78, 5) is 4.30. The molecule has 5 heteroatoms. The lowest BCUT2D eigenvalue weighted by Gasteiger charge is -2.21. The van der Waals surface area contributed by atoms with Crippen LogP contribution in [0.25, 0.3) is 0 Å². The first-order chi connectivity index (χ1) is 10.5. The third-order valence-electron chi connectivity index (χ3n) is 5.22. The molecular formula is C18H27FIN3. The molecule has 2 N–H and O–H groups in total. The maximum Gasteiger partial charge on any atom is 0.191 e. The van der Waals surface area contributed by atoms with E-state index in [1.165, 1.54) is 25.7 Å². The van der Waals surface area contributed by atoms with Crippen LogP contribution in [0.2, 0.25) is 0 Å². The Balaban J connectivity index is 0.00000192. The molecule has 23 heavy (non-hydrogen) atoms. The van der Waals surface area contributed by atoms with E-state index in [2.05, 4.69) is 15.6 Å². The van der Waals surface area contributed by atoms with Gasteiger partial charge in [-0.2, -0.15) is 0 Å². The second-order valence-electron chi connectivity index (χ2n) is 6.94. The van der Waals surface area contributed by atoms with Crippen LogP contribution in [0, 0.1) is 24.1 Å². The van der Waals surface area contributed by atoms with E-state index in [0.717, 1.165) is 24.0 Å². The highest BCUT2D eigenvalue weighted by molar-refractivity contribution is 14.0. The SMILES string of the molecule is CN=C(NCC1(C2CC2)CC1)NC(C)c1ccc(C)c(F)c1.I. The number of nitrogens with one attached hydrogen (secondary N) is 2.